The highest BCUT2D eigenvalue weighted by atomic mass is 19.4. The Hall–Kier alpha value is -2.58. The van der Waals surface area contributed by atoms with Gasteiger partial charge >= 0.3 is 18.3 Å². The Kier molecular flexibility index (Phi) is 4.06. The molecule has 0 radical (unpaired) electrons. The summed E-state index contributed by atoms with van der Waals surface area (Å²) in [6.45, 7) is 0. The van der Waals surface area contributed by atoms with Gasteiger partial charge in [-0.3, -0.25) is 0 Å². The van der Waals surface area contributed by atoms with Gasteiger partial charge in [-0.2, -0.15) is 26.3 Å². The molecule has 1 aromatic carbocycles. The second-order valence-electron chi connectivity index (χ2n) is 4.50. The molecule has 0 spiro atoms. The summed E-state index contributed by atoms with van der Waals surface area (Å²) >= 11 is 0. The lowest BCUT2D eigenvalue weighted by molar-refractivity contribution is -0.141. The van der Waals surface area contributed by atoms with E-state index in [0.717, 1.165) is 18.2 Å². The lowest BCUT2D eigenvalue weighted by Gasteiger charge is -2.11. The molecular formula is C14H7F6NO2. The molecule has 0 amide bonds. The number of nitrogens with zero attached hydrogens (tertiary/aromatic N) is 1. The van der Waals surface area contributed by atoms with Crippen LogP contribution in [0.4, 0.5) is 26.3 Å². The van der Waals surface area contributed by atoms with E-state index in [9.17, 15) is 31.1 Å². The Balaban J connectivity index is 2.54. The zero-order chi connectivity index (χ0) is 17.4. The average molecular weight is 335 g/mol. The Morgan fingerprint density at radius 3 is 1.91 bits per heavy atom. The lowest BCUT2D eigenvalue weighted by atomic mass is 10.1. The topological polar surface area (TPSA) is 50.2 Å². The van der Waals surface area contributed by atoms with Crippen LogP contribution in [-0.4, -0.2) is 16.1 Å². The van der Waals surface area contributed by atoms with Crippen LogP contribution in [0.25, 0.3) is 11.3 Å². The van der Waals surface area contributed by atoms with Gasteiger partial charge in [-0.05, 0) is 24.3 Å². The highest BCUT2D eigenvalue weighted by molar-refractivity contribution is 5.89. The molecule has 0 aliphatic heterocycles. The highest BCUT2D eigenvalue weighted by Gasteiger charge is 2.34. The van der Waals surface area contributed by atoms with Crippen LogP contribution in [0.5, 0.6) is 0 Å². The van der Waals surface area contributed by atoms with E-state index < -0.39 is 35.1 Å². The Morgan fingerprint density at radius 2 is 1.48 bits per heavy atom. The van der Waals surface area contributed by atoms with Gasteiger partial charge in [0.05, 0.1) is 16.8 Å². The summed E-state index contributed by atoms with van der Waals surface area (Å²) in [6.07, 6.45) is -9.47. The summed E-state index contributed by atoms with van der Waals surface area (Å²) < 4.78 is 75.6. The number of hydrogen-bond donors (Lipinski definition) is 1. The summed E-state index contributed by atoms with van der Waals surface area (Å²) in [6, 6.07) is 4.43. The molecule has 0 aliphatic rings. The first-order valence-corrected chi connectivity index (χ1v) is 5.98. The predicted octanol–water partition coefficient (Wildman–Crippen LogP) is 4.48. The second-order valence-corrected chi connectivity index (χ2v) is 4.50. The van der Waals surface area contributed by atoms with Crippen molar-refractivity contribution >= 4 is 5.97 Å². The van der Waals surface area contributed by atoms with Gasteiger partial charge in [0.25, 0.3) is 0 Å². The molecular weight excluding hydrogens is 328 g/mol. The molecule has 0 atom stereocenters. The van der Waals surface area contributed by atoms with Gasteiger partial charge < -0.3 is 5.11 Å². The Bertz CT molecular complexity index is 734. The van der Waals surface area contributed by atoms with Gasteiger partial charge in [0.15, 0.2) is 0 Å². The van der Waals surface area contributed by atoms with Gasteiger partial charge in [0, 0.05) is 5.56 Å². The van der Waals surface area contributed by atoms with Gasteiger partial charge in [0.2, 0.25) is 0 Å². The Morgan fingerprint density at radius 1 is 0.913 bits per heavy atom. The number of rotatable bonds is 2. The minimum Gasteiger partial charge on any atom is -0.478 e. The van der Waals surface area contributed by atoms with E-state index in [4.69, 9.17) is 5.11 Å². The standard InChI is InChI=1S/C14H7F6NO2/c15-13(16,17)9-3-1-7(2-4-9)10-5-8(12(22)23)6-11(21-10)14(18,19)20/h1-6H,(H,22,23). The van der Waals surface area contributed by atoms with Crippen molar-refractivity contribution in [1.29, 1.82) is 0 Å². The van der Waals surface area contributed by atoms with Crippen molar-refractivity contribution in [1.82, 2.24) is 4.98 Å². The van der Waals surface area contributed by atoms with Crippen molar-refractivity contribution in [3.8, 4) is 11.3 Å². The quantitative estimate of drug-likeness (QED) is 0.823. The van der Waals surface area contributed by atoms with Crippen LogP contribution in [0.1, 0.15) is 21.6 Å². The molecule has 0 bridgehead atoms. The van der Waals surface area contributed by atoms with E-state index in [1.54, 1.807) is 0 Å². The number of hydrogen-bond acceptors (Lipinski definition) is 2. The number of aromatic carboxylic acids is 1. The third kappa shape index (κ3) is 3.79. The van der Waals surface area contributed by atoms with Gasteiger partial charge in [-0.15, -0.1) is 0 Å². The van der Waals surface area contributed by atoms with Crippen LogP contribution in [0, 0.1) is 0 Å². The van der Waals surface area contributed by atoms with Crippen molar-refractivity contribution in [3.63, 3.8) is 0 Å². The van der Waals surface area contributed by atoms with E-state index in [1.165, 1.54) is 0 Å². The molecule has 122 valence electrons. The summed E-state index contributed by atoms with van der Waals surface area (Å²) in [5.74, 6) is -1.61. The SMILES string of the molecule is O=C(O)c1cc(-c2ccc(C(F)(F)F)cc2)nc(C(F)(F)F)c1. The van der Waals surface area contributed by atoms with Crippen molar-refractivity contribution in [3.05, 3.63) is 53.2 Å². The summed E-state index contributed by atoms with van der Waals surface area (Å²) in [5, 5.41) is 8.85. The third-order valence-corrected chi connectivity index (χ3v) is 2.87. The van der Waals surface area contributed by atoms with E-state index >= 15 is 0 Å². The zero-order valence-corrected chi connectivity index (χ0v) is 11.0. The minimum absolute atomic E-state index is 0.0633. The maximum absolute atomic E-state index is 12.7. The highest BCUT2D eigenvalue weighted by Crippen LogP contribution is 2.33. The van der Waals surface area contributed by atoms with Crippen LogP contribution < -0.4 is 0 Å². The average Bonchev–Trinajstić information content (AvgIpc) is 2.45. The number of halogens is 6. The van der Waals surface area contributed by atoms with Crippen LogP contribution in [0.3, 0.4) is 0 Å². The number of alkyl halides is 6. The van der Waals surface area contributed by atoms with E-state index in [2.05, 4.69) is 4.98 Å². The number of carboxylic acids is 1. The smallest absolute Gasteiger partial charge is 0.433 e. The summed E-state index contributed by atoms with van der Waals surface area (Å²) in [7, 11) is 0. The van der Waals surface area contributed by atoms with Gasteiger partial charge in [-0.1, -0.05) is 12.1 Å². The summed E-state index contributed by atoms with van der Waals surface area (Å²) in [4.78, 5) is 14.2. The van der Waals surface area contributed by atoms with Crippen LogP contribution >= 0.6 is 0 Å². The van der Waals surface area contributed by atoms with Crippen LogP contribution in [0.15, 0.2) is 36.4 Å². The van der Waals surface area contributed by atoms with Gasteiger partial charge in [-0.25, -0.2) is 9.78 Å². The molecule has 2 rings (SSSR count). The van der Waals surface area contributed by atoms with E-state index in [0.29, 0.717) is 18.2 Å². The molecule has 0 saturated heterocycles. The number of benzene rings is 1. The molecule has 23 heavy (non-hydrogen) atoms. The number of carboxylic acid groups (broad SMARTS) is 1. The fourth-order valence-corrected chi connectivity index (χ4v) is 1.78. The van der Waals surface area contributed by atoms with Crippen molar-refractivity contribution in [2.24, 2.45) is 0 Å². The first-order chi connectivity index (χ1) is 10.5. The number of carbonyl (C=O) groups is 1. The van der Waals surface area contributed by atoms with Crippen LogP contribution in [0.2, 0.25) is 0 Å². The van der Waals surface area contributed by atoms with E-state index in [-0.39, 0.29) is 11.3 Å². The minimum atomic E-state index is -4.88. The maximum atomic E-state index is 12.7. The number of pyridine rings is 1. The Labute approximate surface area is 125 Å². The number of aromatic nitrogens is 1. The van der Waals surface area contributed by atoms with Crippen LogP contribution in [-0.2, 0) is 12.4 Å². The van der Waals surface area contributed by atoms with Gasteiger partial charge in [0.1, 0.15) is 5.69 Å². The first kappa shape index (κ1) is 16.8. The van der Waals surface area contributed by atoms with Crippen molar-refractivity contribution < 1.29 is 36.2 Å². The monoisotopic (exact) mass is 335 g/mol. The van der Waals surface area contributed by atoms with Crippen molar-refractivity contribution in [2.45, 2.75) is 12.4 Å². The molecule has 0 fully saturated rings. The molecule has 0 unspecified atom stereocenters. The maximum Gasteiger partial charge on any atom is 0.433 e. The van der Waals surface area contributed by atoms with Crippen molar-refractivity contribution in [2.75, 3.05) is 0 Å². The lowest BCUT2D eigenvalue weighted by Crippen LogP contribution is -2.11. The molecule has 1 N–H and O–H groups in total. The molecule has 0 saturated carbocycles. The fraction of sp³-hybridized carbons (Fsp3) is 0.143. The molecule has 3 nitrogen and oxygen atoms in total. The molecule has 1 heterocycles. The molecule has 2 aromatic rings. The zero-order valence-electron chi connectivity index (χ0n) is 11.0. The third-order valence-electron chi connectivity index (χ3n) is 2.87. The van der Waals surface area contributed by atoms with E-state index in [1.807, 2.05) is 0 Å². The normalized spacial score (nSPS) is 12.3. The molecule has 0 aliphatic carbocycles. The molecule has 9 heteroatoms. The largest absolute Gasteiger partial charge is 0.478 e. The second kappa shape index (κ2) is 5.56. The predicted molar refractivity (Wildman–Crippen MR) is 66.6 cm³/mol. The summed E-state index contributed by atoms with van der Waals surface area (Å²) in [5.41, 5.74) is -3.53. The first-order valence-electron chi connectivity index (χ1n) is 5.98. The fourth-order valence-electron chi connectivity index (χ4n) is 1.78. The molecule has 1 aromatic heterocycles.